The van der Waals surface area contributed by atoms with Crippen LogP contribution in [0.3, 0.4) is 0 Å². The molecule has 1 aromatic carbocycles. The quantitative estimate of drug-likeness (QED) is 0.890. The predicted octanol–water partition coefficient (Wildman–Crippen LogP) is 3.27. The van der Waals surface area contributed by atoms with Crippen molar-refractivity contribution in [3.05, 3.63) is 28.2 Å². The van der Waals surface area contributed by atoms with Gasteiger partial charge in [-0.25, -0.2) is 0 Å². The average Bonchev–Trinajstić information content (AvgIpc) is 2.41. The van der Waals surface area contributed by atoms with Crippen molar-refractivity contribution in [2.75, 3.05) is 13.2 Å². The highest BCUT2D eigenvalue weighted by Crippen LogP contribution is 2.33. The maximum atomic E-state index is 5.74. The van der Waals surface area contributed by atoms with Crippen molar-refractivity contribution in [3.63, 3.8) is 0 Å². The second-order valence-electron chi connectivity index (χ2n) is 3.78. The van der Waals surface area contributed by atoms with E-state index in [2.05, 4.69) is 46.4 Å². The van der Waals surface area contributed by atoms with Crippen LogP contribution in [0.15, 0.2) is 22.7 Å². The molecule has 0 radical (unpaired) electrons. The Morgan fingerprint density at radius 1 is 1.53 bits per heavy atom. The smallest absolute Gasteiger partial charge is 0.125 e. The third-order valence-electron chi connectivity index (χ3n) is 2.70. The molecule has 0 saturated heterocycles. The van der Waals surface area contributed by atoms with Crippen molar-refractivity contribution in [1.29, 1.82) is 0 Å². The summed E-state index contributed by atoms with van der Waals surface area (Å²) in [7, 11) is 0. The Labute approximate surface area is 99.1 Å². The Morgan fingerprint density at radius 2 is 2.40 bits per heavy atom. The summed E-state index contributed by atoms with van der Waals surface area (Å²) >= 11 is 3.47. The Bertz CT molecular complexity index is 340. The van der Waals surface area contributed by atoms with Crippen molar-refractivity contribution >= 4 is 15.9 Å². The fourth-order valence-corrected chi connectivity index (χ4v) is 2.34. The molecule has 0 bridgehead atoms. The lowest BCUT2D eigenvalue weighted by Gasteiger charge is -2.17. The Kier molecular flexibility index (Phi) is 3.65. The first-order valence-electron chi connectivity index (χ1n) is 5.47. The van der Waals surface area contributed by atoms with Gasteiger partial charge in [-0.2, -0.15) is 0 Å². The van der Waals surface area contributed by atoms with Gasteiger partial charge < -0.3 is 10.1 Å². The molecule has 1 aliphatic heterocycles. The van der Waals surface area contributed by atoms with Gasteiger partial charge in [0, 0.05) is 16.1 Å². The topological polar surface area (TPSA) is 21.3 Å². The Morgan fingerprint density at radius 3 is 3.20 bits per heavy atom. The van der Waals surface area contributed by atoms with Gasteiger partial charge in [-0.15, -0.1) is 0 Å². The molecule has 1 unspecified atom stereocenters. The monoisotopic (exact) mass is 269 g/mol. The van der Waals surface area contributed by atoms with Crippen molar-refractivity contribution in [2.45, 2.75) is 25.8 Å². The van der Waals surface area contributed by atoms with Crippen LogP contribution in [0.2, 0.25) is 0 Å². The van der Waals surface area contributed by atoms with E-state index in [9.17, 15) is 0 Å². The number of benzene rings is 1. The lowest BCUT2D eigenvalue weighted by atomic mass is 10.0. The van der Waals surface area contributed by atoms with Crippen LogP contribution in [-0.4, -0.2) is 13.2 Å². The molecule has 0 spiro atoms. The van der Waals surface area contributed by atoms with Crippen molar-refractivity contribution in [2.24, 2.45) is 0 Å². The molecule has 0 fully saturated rings. The number of nitrogens with one attached hydrogen (secondary N) is 1. The van der Waals surface area contributed by atoms with Crippen LogP contribution in [0.1, 0.15) is 31.4 Å². The zero-order valence-electron chi connectivity index (χ0n) is 8.92. The van der Waals surface area contributed by atoms with E-state index in [1.54, 1.807) is 0 Å². The SMILES string of the molecule is CCNC1CCCOc2cc(Br)ccc21. The highest BCUT2D eigenvalue weighted by molar-refractivity contribution is 9.10. The number of fused-ring (bicyclic) bond motifs is 1. The third-order valence-corrected chi connectivity index (χ3v) is 3.19. The summed E-state index contributed by atoms with van der Waals surface area (Å²) in [4.78, 5) is 0. The van der Waals surface area contributed by atoms with Gasteiger partial charge in [0.05, 0.1) is 6.61 Å². The van der Waals surface area contributed by atoms with Gasteiger partial charge in [-0.05, 0) is 31.5 Å². The van der Waals surface area contributed by atoms with E-state index in [-0.39, 0.29) is 0 Å². The maximum Gasteiger partial charge on any atom is 0.125 e. The zero-order chi connectivity index (χ0) is 10.7. The lowest BCUT2D eigenvalue weighted by Crippen LogP contribution is -2.20. The van der Waals surface area contributed by atoms with Gasteiger partial charge in [-0.3, -0.25) is 0 Å². The highest BCUT2D eigenvalue weighted by atomic mass is 79.9. The van der Waals surface area contributed by atoms with Gasteiger partial charge in [0.2, 0.25) is 0 Å². The molecule has 1 atom stereocenters. The summed E-state index contributed by atoms with van der Waals surface area (Å²) in [6, 6.07) is 6.74. The van der Waals surface area contributed by atoms with Gasteiger partial charge in [0.15, 0.2) is 0 Å². The van der Waals surface area contributed by atoms with Crippen molar-refractivity contribution < 1.29 is 4.74 Å². The van der Waals surface area contributed by atoms with Gasteiger partial charge in [-0.1, -0.05) is 28.9 Å². The lowest BCUT2D eigenvalue weighted by molar-refractivity contribution is 0.315. The van der Waals surface area contributed by atoms with Gasteiger partial charge in [0.1, 0.15) is 5.75 Å². The molecule has 2 nitrogen and oxygen atoms in total. The molecule has 0 saturated carbocycles. The third kappa shape index (κ3) is 2.52. The molecule has 0 aromatic heterocycles. The van der Waals surface area contributed by atoms with E-state index in [0.29, 0.717) is 6.04 Å². The summed E-state index contributed by atoms with van der Waals surface area (Å²) in [5, 5.41) is 3.50. The molecule has 3 heteroatoms. The van der Waals surface area contributed by atoms with Crippen LogP contribution in [0.25, 0.3) is 0 Å². The molecule has 1 aromatic rings. The van der Waals surface area contributed by atoms with E-state index in [1.165, 1.54) is 5.56 Å². The number of rotatable bonds is 2. The summed E-state index contributed by atoms with van der Waals surface area (Å²) in [5.74, 6) is 1.02. The zero-order valence-corrected chi connectivity index (χ0v) is 10.5. The van der Waals surface area contributed by atoms with E-state index < -0.39 is 0 Å². The summed E-state index contributed by atoms with van der Waals surface area (Å²) in [5.41, 5.74) is 1.29. The van der Waals surface area contributed by atoms with Gasteiger partial charge in [0.25, 0.3) is 0 Å². The minimum Gasteiger partial charge on any atom is -0.493 e. The minimum absolute atomic E-state index is 0.445. The van der Waals surface area contributed by atoms with Crippen molar-refractivity contribution in [1.82, 2.24) is 5.32 Å². The molecule has 0 aliphatic carbocycles. The Balaban J connectivity index is 2.32. The molecule has 0 amide bonds. The van der Waals surface area contributed by atoms with Crippen LogP contribution in [-0.2, 0) is 0 Å². The first-order chi connectivity index (χ1) is 7.31. The first kappa shape index (κ1) is 11.0. The molecule has 2 rings (SSSR count). The number of hydrogen-bond acceptors (Lipinski definition) is 2. The molecular weight excluding hydrogens is 254 g/mol. The maximum absolute atomic E-state index is 5.74. The summed E-state index contributed by atoms with van der Waals surface area (Å²) in [6.07, 6.45) is 2.27. The molecule has 82 valence electrons. The second kappa shape index (κ2) is 4.99. The number of ether oxygens (including phenoxy) is 1. The van der Waals surface area contributed by atoms with E-state index in [0.717, 1.165) is 36.2 Å². The molecule has 1 aliphatic rings. The molecule has 1 N–H and O–H groups in total. The Hall–Kier alpha value is -0.540. The fourth-order valence-electron chi connectivity index (χ4n) is 2.00. The summed E-state index contributed by atoms with van der Waals surface area (Å²) < 4.78 is 6.82. The van der Waals surface area contributed by atoms with Crippen LogP contribution >= 0.6 is 15.9 Å². The highest BCUT2D eigenvalue weighted by Gasteiger charge is 2.18. The van der Waals surface area contributed by atoms with E-state index >= 15 is 0 Å². The number of hydrogen-bond donors (Lipinski definition) is 1. The van der Waals surface area contributed by atoms with Crippen LogP contribution in [0.4, 0.5) is 0 Å². The van der Waals surface area contributed by atoms with E-state index in [4.69, 9.17) is 4.74 Å². The van der Waals surface area contributed by atoms with Crippen LogP contribution in [0, 0.1) is 0 Å². The summed E-state index contributed by atoms with van der Waals surface area (Å²) in [6.45, 7) is 3.97. The number of halogens is 1. The average molecular weight is 270 g/mol. The fraction of sp³-hybridized carbons (Fsp3) is 0.500. The predicted molar refractivity (Wildman–Crippen MR) is 65.3 cm³/mol. The van der Waals surface area contributed by atoms with Crippen molar-refractivity contribution in [3.8, 4) is 5.75 Å². The normalized spacial score (nSPS) is 20.3. The molecule has 15 heavy (non-hydrogen) atoms. The van der Waals surface area contributed by atoms with E-state index in [1.807, 2.05) is 0 Å². The van der Waals surface area contributed by atoms with Crippen LogP contribution in [0.5, 0.6) is 5.75 Å². The van der Waals surface area contributed by atoms with Crippen LogP contribution < -0.4 is 10.1 Å². The molecule has 1 heterocycles. The van der Waals surface area contributed by atoms with Gasteiger partial charge >= 0.3 is 0 Å². The minimum atomic E-state index is 0.445. The second-order valence-corrected chi connectivity index (χ2v) is 4.70. The molecular formula is C12H16BrNO. The first-order valence-corrected chi connectivity index (χ1v) is 6.26. The largest absolute Gasteiger partial charge is 0.493 e. The standard InChI is InChI=1S/C12H16BrNO/c1-2-14-11-4-3-7-15-12-8-9(13)5-6-10(11)12/h5-6,8,11,14H,2-4,7H2,1H3.